The predicted molar refractivity (Wildman–Crippen MR) is 78.4 cm³/mol. The minimum atomic E-state index is -3.39. The van der Waals surface area contributed by atoms with E-state index in [-0.39, 0.29) is 16.8 Å². The smallest absolute Gasteiger partial charge is 0.182 e. The Morgan fingerprint density at radius 2 is 2.11 bits per heavy atom. The molecule has 0 saturated carbocycles. The summed E-state index contributed by atoms with van der Waals surface area (Å²) in [5.41, 5.74) is 5.63. The summed E-state index contributed by atoms with van der Waals surface area (Å²) in [6, 6.07) is 0.0142. The van der Waals surface area contributed by atoms with Crippen LogP contribution >= 0.6 is 11.5 Å². The number of nitrogen functional groups attached to an aromatic ring is 1. The quantitative estimate of drug-likeness (QED) is 0.794. The van der Waals surface area contributed by atoms with Gasteiger partial charge in [0.15, 0.2) is 15.7 Å². The van der Waals surface area contributed by atoms with Crippen molar-refractivity contribution in [2.24, 2.45) is 5.92 Å². The van der Waals surface area contributed by atoms with Crippen molar-refractivity contribution < 1.29 is 13.2 Å². The van der Waals surface area contributed by atoms with Gasteiger partial charge in [-0.25, -0.2) is 8.42 Å². The summed E-state index contributed by atoms with van der Waals surface area (Å²) in [6.07, 6.45) is 1.13. The van der Waals surface area contributed by atoms with Gasteiger partial charge in [0.2, 0.25) is 0 Å². The average molecular weight is 307 g/mol. The number of rotatable bonds is 7. The lowest BCUT2D eigenvalue weighted by molar-refractivity contribution is 0.127. The highest BCUT2D eigenvalue weighted by atomic mass is 32.2. The first-order valence-electron chi connectivity index (χ1n) is 6.06. The van der Waals surface area contributed by atoms with E-state index in [1.54, 1.807) is 0 Å². The first-order valence-corrected chi connectivity index (χ1v) is 8.73. The highest BCUT2D eigenvalue weighted by Crippen LogP contribution is 2.32. The Morgan fingerprint density at radius 3 is 2.58 bits per heavy atom. The van der Waals surface area contributed by atoms with Crippen LogP contribution in [-0.2, 0) is 14.6 Å². The summed E-state index contributed by atoms with van der Waals surface area (Å²) in [5, 5.41) is 3.67. The van der Waals surface area contributed by atoms with E-state index in [0.29, 0.717) is 24.1 Å². The Bertz CT molecular complexity index is 511. The molecule has 0 amide bonds. The number of nitrogens with two attached hydrogens (primary N) is 1. The van der Waals surface area contributed by atoms with E-state index in [9.17, 15) is 8.42 Å². The van der Waals surface area contributed by atoms with Crippen LogP contribution in [0.1, 0.15) is 20.8 Å². The molecule has 1 unspecified atom stereocenters. The summed E-state index contributed by atoms with van der Waals surface area (Å²) < 4.78 is 32.7. The lowest BCUT2D eigenvalue weighted by atomic mass is 10.1. The Kier molecular flexibility index (Phi) is 5.57. The molecular weight excluding hydrogens is 286 g/mol. The van der Waals surface area contributed by atoms with Crippen molar-refractivity contribution in [2.45, 2.75) is 31.7 Å². The van der Waals surface area contributed by atoms with Crippen LogP contribution in [0.4, 0.5) is 10.8 Å². The molecule has 3 N–H and O–H groups in total. The van der Waals surface area contributed by atoms with Crippen LogP contribution in [0.25, 0.3) is 0 Å². The summed E-state index contributed by atoms with van der Waals surface area (Å²) in [6.45, 7) is 7.14. The molecule has 0 bridgehead atoms. The molecule has 19 heavy (non-hydrogen) atoms. The van der Waals surface area contributed by atoms with Crippen molar-refractivity contribution in [3.63, 3.8) is 0 Å². The lowest BCUT2D eigenvalue weighted by Gasteiger charge is -2.22. The van der Waals surface area contributed by atoms with Crippen LogP contribution < -0.4 is 11.1 Å². The number of aromatic nitrogens is 1. The Morgan fingerprint density at radius 1 is 1.47 bits per heavy atom. The van der Waals surface area contributed by atoms with Crippen molar-refractivity contribution in [3.8, 4) is 0 Å². The Labute approximate surface area is 118 Å². The number of ether oxygens (including phenoxy) is 1. The summed E-state index contributed by atoms with van der Waals surface area (Å²) >= 11 is 1.06. The maximum atomic E-state index is 11.7. The first kappa shape index (κ1) is 16.2. The number of hydrogen-bond donors (Lipinski definition) is 2. The molecule has 1 rings (SSSR count). The monoisotopic (exact) mass is 307 g/mol. The molecule has 1 heterocycles. The van der Waals surface area contributed by atoms with E-state index < -0.39 is 9.84 Å². The molecule has 0 aliphatic rings. The highest BCUT2D eigenvalue weighted by Gasteiger charge is 2.24. The second-order valence-corrected chi connectivity index (χ2v) is 7.38. The molecule has 1 aromatic rings. The van der Waals surface area contributed by atoms with E-state index in [2.05, 4.69) is 9.69 Å². The van der Waals surface area contributed by atoms with Gasteiger partial charge in [-0.2, -0.15) is 4.37 Å². The summed E-state index contributed by atoms with van der Waals surface area (Å²) in [7, 11) is -3.39. The molecular formula is C11H21N3O3S2. The standard InChI is InChI=1S/C11H21N3O3S2/c1-5-17-6-8(7(2)3)13-11-9(19(4,15)16)10(12)14-18-11/h7-8,13H,5-6H2,1-4H3,(H2,12,14). The Balaban J connectivity index is 2.98. The number of sulfone groups is 1. The largest absolute Gasteiger partial charge is 0.382 e. The van der Waals surface area contributed by atoms with Crippen molar-refractivity contribution in [1.29, 1.82) is 0 Å². The van der Waals surface area contributed by atoms with Crippen molar-refractivity contribution in [3.05, 3.63) is 0 Å². The third-order valence-electron chi connectivity index (χ3n) is 2.67. The molecule has 110 valence electrons. The molecule has 0 aliphatic carbocycles. The first-order chi connectivity index (χ1) is 8.77. The molecule has 6 nitrogen and oxygen atoms in total. The van der Waals surface area contributed by atoms with Gasteiger partial charge in [0.25, 0.3) is 0 Å². The molecule has 0 radical (unpaired) electrons. The van der Waals surface area contributed by atoms with Crippen LogP contribution in [0.5, 0.6) is 0 Å². The third-order valence-corrected chi connectivity index (χ3v) is 4.74. The molecule has 1 atom stereocenters. The molecule has 8 heteroatoms. The topological polar surface area (TPSA) is 94.3 Å². The van der Waals surface area contributed by atoms with E-state index in [1.165, 1.54) is 0 Å². The molecule has 1 aromatic heterocycles. The van der Waals surface area contributed by atoms with Gasteiger partial charge < -0.3 is 15.8 Å². The van der Waals surface area contributed by atoms with Crippen molar-refractivity contribution >= 4 is 32.2 Å². The highest BCUT2D eigenvalue weighted by molar-refractivity contribution is 7.91. The zero-order chi connectivity index (χ0) is 14.6. The zero-order valence-electron chi connectivity index (χ0n) is 11.6. The number of nitrogens with zero attached hydrogens (tertiary/aromatic N) is 1. The fourth-order valence-electron chi connectivity index (χ4n) is 1.56. The average Bonchev–Trinajstić information content (AvgIpc) is 2.64. The number of hydrogen-bond acceptors (Lipinski definition) is 7. The summed E-state index contributed by atoms with van der Waals surface area (Å²) in [5.74, 6) is 0.344. The molecule has 0 fully saturated rings. The van der Waals surface area contributed by atoms with Crippen LogP contribution in [-0.4, -0.2) is 38.3 Å². The maximum absolute atomic E-state index is 11.7. The van der Waals surface area contributed by atoms with Crippen molar-refractivity contribution in [1.82, 2.24) is 4.37 Å². The maximum Gasteiger partial charge on any atom is 0.182 e. The zero-order valence-corrected chi connectivity index (χ0v) is 13.3. The van der Waals surface area contributed by atoms with Crippen LogP contribution in [0.3, 0.4) is 0 Å². The third kappa shape index (κ3) is 4.32. The van der Waals surface area contributed by atoms with Crippen LogP contribution in [0.2, 0.25) is 0 Å². The lowest BCUT2D eigenvalue weighted by Crippen LogP contribution is -2.31. The van der Waals surface area contributed by atoms with Gasteiger partial charge in [-0.1, -0.05) is 13.8 Å². The van der Waals surface area contributed by atoms with E-state index in [1.807, 2.05) is 20.8 Å². The van der Waals surface area contributed by atoms with E-state index in [0.717, 1.165) is 17.8 Å². The van der Waals surface area contributed by atoms with Gasteiger partial charge in [0, 0.05) is 12.9 Å². The van der Waals surface area contributed by atoms with E-state index in [4.69, 9.17) is 10.5 Å². The van der Waals surface area contributed by atoms with Crippen molar-refractivity contribution in [2.75, 3.05) is 30.5 Å². The molecule has 0 saturated heterocycles. The fraction of sp³-hybridized carbons (Fsp3) is 0.727. The van der Waals surface area contributed by atoms with Gasteiger partial charge in [-0.15, -0.1) is 0 Å². The van der Waals surface area contributed by atoms with Gasteiger partial charge in [0.1, 0.15) is 9.90 Å². The predicted octanol–water partition coefficient (Wildman–Crippen LogP) is 1.60. The van der Waals surface area contributed by atoms with Crippen LogP contribution in [0.15, 0.2) is 4.90 Å². The van der Waals surface area contributed by atoms with Gasteiger partial charge in [-0.3, -0.25) is 0 Å². The minimum absolute atomic E-state index is 0.0142. The SMILES string of the molecule is CCOCC(Nc1snc(N)c1S(C)(=O)=O)C(C)C. The number of anilines is 2. The second kappa shape index (κ2) is 6.53. The molecule has 0 spiro atoms. The molecule has 0 aliphatic heterocycles. The van der Waals surface area contributed by atoms with Crippen LogP contribution in [0, 0.1) is 5.92 Å². The number of nitrogens with one attached hydrogen (secondary N) is 1. The minimum Gasteiger partial charge on any atom is -0.382 e. The summed E-state index contributed by atoms with van der Waals surface area (Å²) in [4.78, 5) is 0.0830. The van der Waals surface area contributed by atoms with Gasteiger partial charge >= 0.3 is 0 Å². The molecule has 0 aromatic carbocycles. The fourth-order valence-corrected chi connectivity index (χ4v) is 3.68. The van der Waals surface area contributed by atoms with E-state index >= 15 is 0 Å². The normalized spacial score (nSPS) is 13.7. The van der Waals surface area contributed by atoms with Gasteiger partial charge in [0.05, 0.1) is 12.6 Å². The van der Waals surface area contributed by atoms with Gasteiger partial charge in [-0.05, 0) is 24.4 Å². The Hall–Kier alpha value is -0.860. The second-order valence-electron chi connectivity index (χ2n) is 4.65.